The molecule has 0 aliphatic heterocycles. The highest BCUT2D eigenvalue weighted by atomic mass is 79.9. The normalized spacial score (nSPS) is 17.5. The Bertz CT molecular complexity index is 362. The summed E-state index contributed by atoms with van der Waals surface area (Å²) >= 11 is 4.76. The van der Waals surface area contributed by atoms with Gasteiger partial charge < -0.3 is 11.1 Å². The molecule has 3 nitrogen and oxygen atoms in total. The van der Waals surface area contributed by atoms with Gasteiger partial charge in [0.25, 0.3) is 5.91 Å². The molecule has 1 heterocycles. The van der Waals surface area contributed by atoms with Crippen molar-refractivity contribution in [3.63, 3.8) is 0 Å². The summed E-state index contributed by atoms with van der Waals surface area (Å²) in [6.45, 7) is 0.582. The quantitative estimate of drug-likeness (QED) is 0.890. The number of nitrogens with two attached hydrogens (primary N) is 1. The van der Waals surface area contributed by atoms with E-state index in [-0.39, 0.29) is 11.9 Å². The fraction of sp³-hybridized carbons (Fsp3) is 0.500. The van der Waals surface area contributed by atoms with Crippen LogP contribution in [0.3, 0.4) is 0 Å². The molecule has 1 fully saturated rings. The maximum absolute atomic E-state index is 11.6. The van der Waals surface area contributed by atoms with Crippen LogP contribution in [-0.2, 0) is 0 Å². The van der Waals surface area contributed by atoms with Crippen molar-refractivity contribution >= 4 is 33.2 Å². The summed E-state index contributed by atoms with van der Waals surface area (Å²) < 4.78 is 0.971. The van der Waals surface area contributed by atoms with Gasteiger partial charge in [0.1, 0.15) is 0 Å². The molecule has 1 saturated carbocycles. The second-order valence-electron chi connectivity index (χ2n) is 3.82. The Labute approximate surface area is 101 Å². The zero-order valence-corrected chi connectivity index (χ0v) is 10.6. The second-order valence-corrected chi connectivity index (χ2v) is 6.28. The van der Waals surface area contributed by atoms with Crippen molar-refractivity contribution < 1.29 is 4.79 Å². The van der Waals surface area contributed by atoms with Gasteiger partial charge in [0.2, 0.25) is 0 Å². The van der Waals surface area contributed by atoms with Gasteiger partial charge in [-0.15, -0.1) is 11.3 Å². The van der Waals surface area contributed by atoms with E-state index in [0.717, 1.165) is 8.66 Å². The van der Waals surface area contributed by atoms with Crippen molar-refractivity contribution in [2.24, 2.45) is 11.7 Å². The van der Waals surface area contributed by atoms with Gasteiger partial charge in [-0.1, -0.05) is 0 Å². The van der Waals surface area contributed by atoms with Crippen molar-refractivity contribution in [3.8, 4) is 0 Å². The van der Waals surface area contributed by atoms with Crippen LogP contribution < -0.4 is 11.1 Å². The number of hydrogen-bond donors (Lipinski definition) is 2. The standard InChI is InChI=1S/C10H13BrN2OS/c11-9-4-3-8(15-9)10(14)13-5-7(12)6-1-2-6/h3-4,6-7H,1-2,5,12H2,(H,13,14). The highest BCUT2D eigenvalue weighted by molar-refractivity contribution is 9.11. The predicted molar refractivity (Wildman–Crippen MR) is 65.1 cm³/mol. The maximum atomic E-state index is 11.6. The molecule has 1 aliphatic rings. The van der Waals surface area contributed by atoms with Crippen LogP contribution in [0.4, 0.5) is 0 Å². The highest BCUT2D eigenvalue weighted by Crippen LogP contribution is 2.31. The average Bonchev–Trinajstić information content (AvgIpc) is 2.97. The van der Waals surface area contributed by atoms with Gasteiger partial charge in [0.15, 0.2) is 0 Å². The molecular weight excluding hydrogens is 276 g/mol. The molecule has 1 amide bonds. The number of nitrogens with one attached hydrogen (secondary N) is 1. The number of carbonyl (C=O) groups excluding carboxylic acids is 1. The molecule has 0 bridgehead atoms. The number of thiophene rings is 1. The number of hydrogen-bond acceptors (Lipinski definition) is 3. The number of rotatable bonds is 4. The van der Waals surface area contributed by atoms with Gasteiger partial charge in [-0.05, 0) is 46.8 Å². The molecule has 1 aliphatic carbocycles. The van der Waals surface area contributed by atoms with E-state index >= 15 is 0 Å². The molecular formula is C10H13BrN2OS. The van der Waals surface area contributed by atoms with Crippen LogP contribution in [0.15, 0.2) is 15.9 Å². The van der Waals surface area contributed by atoms with Gasteiger partial charge in [-0.25, -0.2) is 0 Å². The Kier molecular flexibility index (Phi) is 3.43. The van der Waals surface area contributed by atoms with Crippen LogP contribution in [0.1, 0.15) is 22.5 Å². The lowest BCUT2D eigenvalue weighted by Gasteiger charge is -2.10. The molecule has 2 rings (SSSR count). The van der Waals surface area contributed by atoms with E-state index in [1.807, 2.05) is 12.1 Å². The molecule has 0 aromatic carbocycles. The van der Waals surface area contributed by atoms with Gasteiger partial charge >= 0.3 is 0 Å². The Morgan fingerprint density at radius 3 is 2.93 bits per heavy atom. The highest BCUT2D eigenvalue weighted by Gasteiger charge is 2.28. The Hall–Kier alpha value is -0.390. The average molecular weight is 289 g/mol. The molecule has 1 unspecified atom stereocenters. The maximum Gasteiger partial charge on any atom is 0.261 e. The molecule has 1 aromatic rings. The van der Waals surface area contributed by atoms with E-state index in [2.05, 4.69) is 21.2 Å². The van der Waals surface area contributed by atoms with Crippen LogP contribution in [0, 0.1) is 5.92 Å². The van der Waals surface area contributed by atoms with E-state index in [4.69, 9.17) is 5.73 Å². The van der Waals surface area contributed by atoms with Gasteiger partial charge in [0, 0.05) is 12.6 Å². The number of amides is 1. The van der Waals surface area contributed by atoms with E-state index in [0.29, 0.717) is 12.5 Å². The Morgan fingerprint density at radius 1 is 1.67 bits per heavy atom. The predicted octanol–water partition coefficient (Wildman–Crippen LogP) is 1.98. The van der Waals surface area contributed by atoms with Crippen LogP contribution >= 0.6 is 27.3 Å². The van der Waals surface area contributed by atoms with Crippen molar-refractivity contribution in [1.29, 1.82) is 0 Å². The van der Waals surface area contributed by atoms with Crippen molar-refractivity contribution in [1.82, 2.24) is 5.32 Å². The monoisotopic (exact) mass is 288 g/mol. The summed E-state index contributed by atoms with van der Waals surface area (Å²) in [7, 11) is 0. The molecule has 1 atom stereocenters. The van der Waals surface area contributed by atoms with E-state index in [9.17, 15) is 4.79 Å². The molecule has 0 radical (unpaired) electrons. The van der Waals surface area contributed by atoms with Gasteiger partial charge in [-0.3, -0.25) is 4.79 Å². The third-order valence-corrected chi connectivity index (χ3v) is 4.15. The minimum atomic E-state index is -0.0261. The lowest BCUT2D eigenvalue weighted by atomic mass is 10.2. The summed E-state index contributed by atoms with van der Waals surface area (Å²) in [6, 6.07) is 3.81. The lowest BCUT2D eigenvalue weighted by molar-refractivity contribution is 0.0954. The summed E-state index contributed by atoms with van der Waals surface area (Å²) in [5.74, 6) is 0.599. The lowest BCUT2D eigenvalue weighted by Crippen LogP contribution is -2.38. The Morgan fingerprint density at radius 2 is 2.40 bits per heavy atom. The summed E-state index contributed by atoms with van der Waals surface area (Å²) in [4.78, 5) is 12.4. The molecule has 5 heteroatoms. The number of halogens is 1. The first-order chi connectivity index (χ1) is 7.16. The van der Waals surface area contributed by atoms with Gasteiger partial charge in [0.05, 0.1) is 8.66 Å². The summed E-state index contributed by atoms with van der Waals surface area (Å²) in [5, 5.41) is 2.86. The number of carbonyl (C=O) groups is 1. The van der Waals surface area contributed by atoms with E-state index < -0.39 is 0 Å². The molecule has 3 N–H and O–H groups in total. The fourth-order valence-corrected chi connectivity index (χ4v) is 2.73. The first kappa shape index (κ1) is 11.1. The van der Waals surface area contributed by atoms with Crippen LogP contribution in [-0.4, -0.2) is 18.5 Å². The van der Waals surface area contributed by atoms with E-state index in [1.54, 1.807) is 0 Å². The van der Waals surface area contributed by atoms with Crippen molar-refractivity contribution in [2.45, 2.75) is 18.9 Å². The largest absolute Gasteiger partial charge is 0.350 e. The first-order valence-corrected chi connectivity index (χ1v) is 6.57. The smallest absolute Gasteiger partial charge is 0.261 e. The molecule has 82 valence electrons. The molecule has 0 saturated heterocycles. The topological polar surface area (TPSA) is 55.1 Å². The minimum absolute atomic E-state index is 0.0261. The summed E-state index contributed by atoms with van der Waals surface area (Å²) in [6.07, 6.45) is 2.42. The van der Waals surface area contributed by atoms with Crippen LogP contribution in [0.25, 0.3) is 0 Å². The summed E-state index contributed by atoms with van der Waals surface area (Å²) in [5.41, 5.74) is 5.89. The van der Waals surface area contributed by atoms with E-state index in [1.165, 1.54) is 24.2 Å². The minimum Gasteiger partial charge on any atom is -0.350 e. The molecule has 0 spiro atoms. The van der Waals surface area contributed by atoms with Crippen LogP contribution in [0.2, 0.25) is 0 Å². The van der Waals surface area contributed by atoms with Crippen molar-refractivity contribution in [2.75, 3.05) is 6.54 Å². The Balaban J connectivity index is 1.81. The molecule has 15 heavy (non-hydrogen) atoms. The molecule has 1 aromatic heterocycles. The SMILES string of the molecule is NC(CNC(=O)c1ccc(Br)s1)C1CC1. The zero-order valence-electron chi connectivity index (χ0n) is 8.20. The third kappa shape index (κ3) is 3.03. The van der Waals surface area contributed by atoms with Gasteiger partial charge in [-0.2, -0.15) is 0 Å². The van der Waals surface area contributed by atoms with Crippen molar-refractivity contribution in [3.05, 3.63) is 20.8 Å². The fourth-order valence-electron chi connectivity index (χ4n) is 1.43. The third-order valence-electron chi connectivity index (χ3n) is 2.52. The second kappa shape index (κ2) is 4.63. The van der Waals surface area contributed by atoms with Crippen LogP contribution in [0.5, 0.6) is 0 Å². The zero-order chi connectivity index (χ0) is 10.8. The first-order valence-electron chi connectivity index (χ1n) is 4.96.